The Morgan fingerprint density at radius 3 is 2.35 bits per heavy atom. The van der Waals surface area contributed by atoms with Crippen molar-refractivity contribution in [2.45, 2.75) is 23.5 Å². The van der Waals surface area contributed by atoms with Crippen LogP contribution >= 0.6 is 22.9 Å². The number of sulfonamides is 1. The van der Waals surface area contributed by atoms with Crippen molar-refractivity contribution in [3.05, 3.63) is 52.4 Å². The Balaban J connectivity index is 1.57. The maximum absolute atomic E-state index is 12.6. The van der Waals surface area contributed by atoms with E-state index in [-0.39, 0.29) is 16.0 Å². The van der Waals surface area contributed by atoms with Crippen LogP contribution in [-0.2, 0) is 14.8 Å². The van der Waals surface area contributed by atoms with Crippen molar-refractivity contribution in [1.29, 1.82) is 0 Å². The molecular formula is C18H21ClN2O3S2. The summed E-state index contributed by atoms with van der Waals surface area (Å²) in [6, 6.07) is 13.1. The molecule has 2 aromatic rings. The lowest BCUT2D eigenvalue weighted by atomic mass is 9.97. The molecule has 0 bridgehead atoms. The number of benzene rings is 1. The van der Waals surface area contributed by atoms with Crippen LogP contribution in [0, 0.1) is 0 Å². The van der Waals surface area contributed by atoms with Crippen LogP contribution in [0.3, 0.4) is 0 Å². The number of nitrogens with zero attached hydrogens (tertiary/aromatic N) is 2. The standard InChI is InChI=1S/C18H21ClN2O3S2/c1-14(15-5-3-2-4-6-15)13-17(22)20-9-11-21(12-10-20)26(23,24)18-8-7-16(19)25-18/h2-8,14H,9-13H2,1H3. The maximum Gasteiger partial charge on any atom is 0.252 e. The Kier molecular flexibility index (Phi) is 6.02. The van der Waals surface area contributed by atoms with Crippen LogP contribution in [0.4, 0.5) is 0 Å². The number of carbonyl (C=O) groups is 1. The molecule has 1 unspecified atom stereocenters. The van der Waals surface area contributed by atoms with Crippen molar-refractivity contribution in [3.63, 3.8) is 0 Å². The van der Waals surface area contributed by atoms with Crippen molar-refractivity contribution in [1.82, 2.24) is 9.21 Å². The van der Waals surface area contributed by atoms with Gasteiger partial charge in [-0.1, -0.05) is 48.9 Å². The van der Waals surface area contributed by atoms with Gasteiger partial charge in [-0.05, 0) is 23.6 Å². The lowest BCUT2D eigenvalue weighted by Gasteiger charge is -2.34. The first kappa shape index (κ1) is 19.4. The third-order valence-electron chi connectivity index (χ3n) is 4.58. The summed E-state index contributed by atoms with van der Waals surface area (Å²) in [6.45, 7) is 3.48. The SMILES string of the molecule is CC(CC(=O)N1CCN(S(=O)(=O)c2ccc(Cl)s2)CC1)c1ccccc1. The topological polar surface area (TPSA) is 57.7 Å². The van der Waals surface area contributed by atoms with Gasteiger partial charge in [0.25, 0.3) is 10.0 Å². The summed E-state index contributed by atoms with van der Waals surface area (Å²) in [6.07, 6.45) is 0.428. The quantitative estimate of drug-likeness (QED) is 0.755. The molecule has 26 heavy (non-hydrogen) atoms. The van der Waals surface area contributed by atoms with Gasteiger partial charge in [0, 0.05) is 32.6 Å². The third kappa shape index (κ3) is 4.28. The van der Waals surface area contributed by atoms with Crippen molar-refractivity contribution in [3.8, 4) is 0 Å². The fourth-order valence-electron chi connectivity index (χ4n) is 3.03. The number of carbonyl (C=O) groups excluding carboxylic acids is 1. The van der Waals surface area contributed by atoms with Gasteiger partial charge in [-0.25, -0.2) is 8.42 Å². The van der Waals surface area contributed by atoms with E-state index in [1.54, 1.807) is 11.0 Å². The lowest BCUT2D eigenvalue weighted by Crippen LogP contribution is -2.50. The van der Waals surface area contributed by atoms with Crippen LogP contribution in [0.15, 0.2) is 46.7 Å². The fourth-order valence-corrected chi connectivity index (χ4v) is 6.09. The van der Waals surface area contributed by atoms with Crippen LogP contribution in [0.5, 0.6) is 0 Å². The molecule has 8 heteroatoms. The van der Waals surface area contributed by atoms with Crippen LogP contribution < -0.4 is 0 Å². The summed E-state index contributed by atoms with van der Waals surface area (Å²) in [4.78, 5) is 14.3. The predicted molar refractivity (Wildman–Crippen MR) is 104 cm³/mol. The summed E-state index contributed by atoms with van der Waals surface area (Å²) in [7, 11) is -3.53. The largest absolute Gasteiger partial charge is 0.340 e. The monoisotopic (exact) mass is 412 g/mol. The highest BCUT2D eigenvalue weighted by Crippen LogP contribution is 2.29. The van der Waals surface area contributed by atoms with E-state index >= 15 is 0 Å². The highest BCUT2D eigenvalue weighted by Gasteiger charge is 2.31. The Bertz CT molecular complexity index is 860. The molecule has 0 spiro atoms. The highest BCUT2D eigenvalue weighted by molar-refractivity contribution is 7.91. The Labute approximate surface area is 163 Å². The summed E-state index contributed by atoms with van der Waals surface area (Å²) in [5.74, 6) is 0.205. The fraction of sp³-hybridized carbons (Fsp3) is 0.389. The van der Waals surface area contributed by atoms with E-state index in [9.17, 15) is 13.2 Å². The van der Waals surface area contributed by atoms with Crippen molar-refractivity contribution in [2.75, 3.05) is 26.2 Å². The molecule has 2 heterocycles. The second-order valence-electron chi connectivity index (χ2n) is 6.36. The zero-order valence-electron chi connectivity index (χ0n) is 14.5. The van der Waals surface area contributed by atoms with Gasteiger partial charge in [0.05, 0.1) is 4.34 Å². The minimum atomic E-state index is -3.53. The zero-order chi connectivity index (χ0) is 18.7. The third-order valence-corrected chi connectivity index (χ3v) is 8.18. The van der Waals surface area contributed by atoms with Crippen molar-refractivity contribution in [2.24, 2.45) is 0 Å². The average Bonchev–Trinajstić information content (AvgIpc) is 3.10. The van der Waals surface area contributed by atoms with Gasteiger partial charge in [-0.2, -0.15) is 4.31 Å². The maximum atomic E-state index is 12.6. The summed E-state index contributed by atoms with van der Waals surface area (Å²) < 4.78 is 27.4. The number of amides is 1. The van der Waals surface area contributed by atoms with Crippen LogP contribution in [-0.4, -0.2) is 49.7 Å². The van der Waals surface area contributed by atoms with Gasteiger partial charge in [0.2, 0.25) is 5.91 Å². The first-order valence-corrected chi connectivity index (χ1v) is 11.1. The van der Waals surface area contributed by atoms with Gasteiger partial charge in [-0.15, -0.1) is 11.3 Å². The van der Waals surface area contributed by atoms with E-state index in [2.05, 4.69) is 0 Å². The summed E-state index contributed by atoms with van der Waals surface area (Å²) >= 11 is 6.91. The molecule has 1 amide bonds. The number of thiophene rings is 1. The minimum Gasteiger partial charge on any atom is -0.340 e. The van der Waals surface area contributed by atoms with Crippen molar-refractivity contribution < 1.29 is 13.2 Å². The molecule has 1 saturated heterocycles. The first-order valence-electron chi connectivity index (χ1n) is 8.46. The zero-order valence-corrected chi connectivity index (χ0v) is 16.9. The molecule has 5 nitrogen and oxygen atoms in total. The number of piperazine rings is 1. The Morgan fingerprint density at radius 1 is 1.12 bits per heavy atom. The molecule has 0 radical (unpaired) electrons. The van der Waals surface area contributed by atoms with Gasteiger partial charge in [0.1, 0.15) is 4.21 Å². The van der Waals surface area contributed by atoms with Crippen LogP contribution in [0.1, 0.15) is 24.8 Å². The normalized spacial score (nSPS) is 17.2. The van der Waals surface area contributed by atoms with Gasteiger partial charge < -0.3 is 4.90 Å². The van der Waals surface area contributed by atoms with Crippen LogP contribution in [0.2, 0.25) is 4.34 Å². The molecule has 1 aromatic carbocycles. The molecule has 1 aromatic heterocycles. The molecule has 1 fully saturated rings. The number of hydrogen-bond acceptors (Lipinski definition) is 4. The molecule has 140 valence electrons. The summed E-state index contributed by atoms with van der Waals surface area (Å²) in [5.41, 5.74) is 1.14. The van der Waals surface area contributed by atoms with Crippen molar-refractivity contribution >= 4 is 38.9 Å². The van der Waals surface area contributed by atoms with Gasteiger partial charge in [-0.3, -0.25) is 4.79 Å². The highest BCUT2D eigenvalue weighted by atomic mass is 35.5. The predicted octanol–water partition coefficient (Wildman–Crippen LogP) is 3.43. The van der Waals surface area contributed by atoms with Gasteiger partial charge >= 0.3 is 0 Å². The second-order valence-corrected chi connectivity index (χ2v) is 10.2. The molecule has 0 saturated carbocycles. The van der Waals surface area contributed by atoms with E-state index in [1.807, 2.05) is 37.3 Å². The number of halogens is 1. The van der Waals surface area contributed by atoms with Crippen LogP contribution in [0.25, 0.3) is 0 Å². The van der Waals surface area contributed by atoms with Gasteiger partial charge in [0.15, 0.2) is 0 Å². The molecule has 1 aliphatic rings. The molecule has 3 rings (SSSR count). The van der Waals surface area contributed by atoms with E-state index in [4.69, 9.17) is 11.6 Å². The molecule has 1 atom stereocenters. The lowest BCUT2D eigenvalue weighted by molar-refractivity contribution is -0.132. The second kappa shape index (κ2) is 8.08. The number of rotatable bonds is 5. The van der Waals surface area contributed by atoms with E-state index < -0.39 is 10.0 Å². The molecular weight excluding hydrogens is 392 g/mol. The Hall–Kier alpha value is -1.41. The summed E-state index contributed by atoms with van der Waals surface area (Å²) in [5, 5.41) is 0. The van der Waals surface area contributed by atoms with E-state index in [0.29, 0.717) is 36.9 Å². The first-order chi connectivity index (χ1) is 12.4. The Morgan fingerprint density at radius 2 is 1.77 bits per heavy atom. The molecule has 1 aliphatic heterocycles. The smallest absolute Gasteiger partial charge is 0.252 e. The molecule has 0 N–H and O–H groups in total. The van der Waals surface area contributed by atoms with E-state index in [0.717, 1.165) is 16.9 Å². The van der Waals surface area contributed by atoms with E-state index in [1.165, 1.54) is 10.4 Å². The average molecular weight is 413 g/mol. The minimum absolute atomic E-state index is 0.0672. The molecule has 0 aliphatic carbocycles. The number of hydrogen-bond donors (Lipinski definition) is 0.